The maximum absolute atomic E-state index is 10.4. The largest absolute Gasteiger partial charge is 0.393 e. The van der Waals surface area contributed by atoms with Crippen LogP contribution in [0.4, 0.5) is 0 Å². The quantitative estimate of drug-likeness (QED) is 0.251. The highest BCUT2D eigenvalue weighted by Gasteiger charge is 2.74. The van der Waals surface area contributed by atoms with Crippen LogP contribution in [0.2, 0.25) is 0 Å². The van der Waals surface area contributed by atoms with Gasteiger partial charge in [0.2, 0.25) is 0 Å². The van der Waals surface area contributed by atoms with Crippen molar-refractivity contribution in [2.45, 2.75) is 115 Å². The van der Waals surface area contributed by atoms with Crippen molar-refractivity contribution in [1.29, 1.82) is 0 Å². The van der Waals surface area contributed by atoms with Crippen LogP contribution >= 0.6 is 0 Å². The van der Waals surface area contributed by atoms with E-state index in [1.165, 1.54) is 12.8 Å². The van der Waals surface area contributed by atoms with Gasteiger partial charge >= 0.3 is 0 Å². The zero-order valence-electron chi connectivity index (χ0n) is 21.9. The second-order valence-corrected chi connectivity index (χ2v) is 13.3. The third-order valence-electron chi connectivity index (χ3n) is 11.9. The zero-order valence-corrected chi connectivity index (χ0v) is 21.9. The van der Waals surface area contributed by atoms with Crippen LogP contribution in [0, 0.1) is 40.4 Å². The van der Waals surface area contributed by atoms with Crippen molar-refractivity contribution < 1.29 is 25.0 Å². The summed E-state index contributed by atoms with van der Waals surface area (Å²) in [6.45, 7) is 15.4. The van der Waals surface area contributed by atoms with Gasteiger partial charge in [0.25, 0.3) is 0 Å². The van der Waals surface area contributed by atoms with E-state index in [-0.39, 0.29) is 28.5 Å². The Labute approximate surface area is 205 Å². The Kier molecular flexibility index (Phi) is 5.98. The van der Waals surface area contributed by atoms with Crippen molar-refractivity contribution in [2.24, 2.45) is 40.4 Å². The van der Waals surface area contributed by atoms with E-state index in [0.717, 1.165) is 38.5 Å². The van der Waals surface area contributed by atoms with Gasteiger partial charge in [0.05, 0.1) is 6.10 Å². The Morgan fingerprint density at radius 2 is 1.85 bits per heavy atom. The molecule has 5 heteroatoms. The van der Waals surface area contributed by atoms with Crippen LogP contribution in [0.25, 0.3) is 0 Å². The van der Waals surface area contributed by atoms with Crippen molar-refractivity contribution in [2.75, 3.05) is 0 Å². The maximum atomic E-state index is 10.4. The molecule has 0 aromatic heterocycles. The molecule has 2 unspecified atom stereocenters. The van der Waals surface area contributed by atoms with Crippen molar-refractivity contribution in [1.82, 2.24) is 0 Å². The van der Waals surface area contributed by atoms with Crippen LogP contribution in [0.3, 0.4) is 0 Å². The van der Waals surface area contributed by atoms with Crippen LogP contribution in [0.1, 0.15) is 92.4 Å². The fourth-order valence-electron chi connectivity index (χ4n) is 9.54. The molecule has 5 nitrogen and oxygen atoms in total. The van der Waals surface area contributed by atoms with Gasteiger partial charge in [-0.25, -0.2) is 14.7 Å². The summed E-state index contributed by atoms with van der Waals surface area (Å²) < 4.78 is 0. The molecule has 4 aliphatic carbocycles. The monoisotopic (exact) mass is 474 g/mol. The van der Waals surface area contributed by atoms with Gasteiger partial charge in [-0.2, -0.15) is 0 Å². The number of aliphatic hydroxyl groups excluding tert-OH is 1. The zero-order chi connectivity index (χ0) is 24.6. The molecule has 34 heavy (non-hydrogen) atoms. The molecule has 4 fully saturated rings. The molecule has 2 aliphatic heterocycles. The van der Waals surface area contributed by atoms with E-state index in [0.29, 0.717) is 30.1 Å². The van der Waals surface area contributed by atoms with Gasteiger partial charge in [0, 0.05) is 23.7 Å². The molecular weight excluding hydrogens is 428 g/mol. The van der Waals surface area contributed by atoms with E-state index < -0.39 is 11.2 Å². The fourth-order valence-corrected chi connectivity index (χ4v) is 9.54. The van der Waals surface area contributed by atoms with Crippen LogP contribution in [-0.2, 0) is 14.7 Å². The molecule has 2 bridgehead atoms. The Bertz CT molecular complexity index is 840. The van der Waals surface area contributed by atoms with E-state index in [4.69, 9.17) is 14.7 Å². The average molecular weight is 475 g/mol. The Balaban J connectivity index is 1.39. The molecule has 1 saturated heterocycles. The van der Waals surface area contributed by atoms with Crippen molar-refractivity contribution in [3.8, 4) is 0 Å². The molecule has 2 heterocycles. The summed E-state index contributed by atoms with van der Waals surface area (Å²) in [4.78, 5) is 17.8. The Hall–Kier alpha value is -0.720. The van der Waals surface area contributed by atoms with E-state index in [9.17, 15) is 10.4 Å². The first-order valence-corrected chi connectivity index (χ1v) is 13.7. The number of hydrogen-bond acceptors (Lipinski definition) is 5. The van der Waals surface area contributed by atoms with Crippen molar-refractivity contribution in [3.05, 3.63) is 24.8 Å². The third kappa shape index (κ3) is 3.09. The van der Waals surface area contributed by atoms with Gasteiger partial charge in [-0.1, -0.05) is 46.8 Å². The highest BCUT2D eigenvalue weighted by atomic mass is 17.2. The predicted octanol–water partition coefficient (Wildman–Crippen LogP) is 6.48. The summed E-state index contributed by atoms with van der Waals surface area (Å²) in [5.41, 5.74) is -1.30. The molecule has 10 atom stereocenters. The maximum Gasteiger partial charge on any atom is 0.130 e. The molecule has 2 N–H and O–H groups in total. The van der Waals surface area contributed by atoms with Crippen molar-refractivity contribution >= 4 is 0 Å². The second kappa shape index (κ2) is 8.14. The molecule has 0 aromatic rings. The van der Waals surface area contributed by atoms with Gasteiger partial charge in [0.1, 0.15) is 16.8 Å². The third-order valence-corrected chi connectivity index (χ3v) is 11.9. The summed E-state index contributed by atoms with van der Waals surface area (Å²) in [7, 11) is 0. The Morgan fingerprint density at radius 3 is 2.47 bits per heavy atom. The molecule has 0 amide bonds. The lowest BCUT2D eigenvalue weighted by Crippen LogP contribution is -2.73. The number of fused-ring (bicyclic) bond motifs is 2. The van der Waals surface area contributed by atoms with Gasteiger partial charge in [-0.15, -0.1) is 6.58 Å². The highest BCUT2D eigenvalue weighted by Crippen LogP contribution is 2.72. The minimum atomic E-state index is -0.681. The van der Waals surface area contributed by atoms with Gasteiger partial charge < -0.3 is 5.11 Å². The van der Waals surface area contributed by atoms with Crippen LogP contribution in [0.15, 0.2) is 24.8 Å². The second-order valence-electron chi connectivity index (χ2n) is 13.3. The Morgan fingerprint density at radius 1 is 1.09 bits per heavy atom. The number of hydrogen-bond donors (Lipinski definition) is 2. The van der Waals surface area contributed by atoms with Gasteiger partial charge in [0.15, 0.2) is 0 Å². The molecule has 0 aromatic carbocycles. The lowest BCUT2D eigenvalue weighted by Gasteiger charge is -2.69. The molecule has 3 saturated carbocycles. The normalized spacial score (nSPS) is 49.8. The van der Waals surface area contributed by atoms with E-state index in [2.05, 4.69) is 53.3 Å². The predicted molar refractivity (Wildman–Crippen MR) is 132 cm³/mol. The summed E-state index contributed by atoms with van der Waals surface area (Å²) >= 11 is 0. The number of rotatable bonds is 7. The molecule has 0 radical (unpaired) electrons. The van der Waals surface area contributed by atoms with Crippen LogP contribution in [0.5, 0.6) is 0 Å². The topological polar surface area (TPSA) is 68.2 Å². The SMILES string of the molecule is C=C[C@@](CC[C@@H](C)[C@H]1CCC2[C@@]34C=C[C@]5(C[C@@H](O)CC[C@]5(C)C3CC[C@@]21C)OO4)(OO)C(C)C. The molecule has 192 valence electrons. The fraction of sp³-hybridized carbons (Fsp3) is 0.862. The first-order valence-electron chi connectivity index (χ1n) is 13.7. The van der Waals surface area contributed by atoms with E-state index in [1.807, 2.05) is 0 Å². The lowest BCUT2D eigenvalue weighted by molar-refractivity contribution is -0.497. The molecule has 2 spiro atoms. The van der Waals surface area contributed by atoms with E-state index >= 15 is 0 Å². The van der Waals surface area contributed by atoms with Crippen molar-refractivity contribution in [3.63, 3.8) is 0 Å². The summed E-state index contributed by atoms with van der Waals surface area (Å²) in [6.07, 6.45) is 15.1. The standard InChI is InChI=1S/C29H46O5/c1-7-27(32-31,19(2)3)15-10-20(4)22-8-9-23-25(22,5)13-12-24-26(6)14-11-21(30)18-28(26)16-17-29(23,24)34-33-28/h7,16-17,19-24,30-31H,1,8-15,18H2,2-6H3/t20-,21+,22-,23?,24?,25-,26-,27+,28-,29+/m1/s1. The minimum absolute atomic E-state index is 0.0174. The van der Waals surface area contributed by atoms with E-state index in [1.54, 1.807) is 6.08 Å². The number of aliphatic hydroxyl groups is 1. The van der Waals surface area contributed by atoms with Gasteiger partial charge in [-0.05, 0) is 80.6 Å². The average Bonchev–Trinajstić information content (AvgIpc) is 3.18. The summed E-state index contributed by atoms with van der Waals surface area (Å²) in [6, 6.07) is 0. The summed E-state index contributed by atoms with van der Waals surface area (Å²) in [5.74, 6) is 2.17. The van der Waals surface area contributed by atoms with Crippen LogP contribution < -0.4 is 0 Å². The highest BCUT2D eigenvalue weighted by molar-refractivity contribution is 5.33. The molecule has 6 aliphatic rings. The first-order chi connectivity index (χ1) is 16.0. The molecule has 6 rings (SSSR count). The minimum Gasteiger partial charge on any atom is -0.393 e. The molecular formula is C29H46O5. The van der Waals surface area contributed by atoms with Gasteiger partial charge in [-0.3, -0.25) is 5.26 Å². The summed E-state index contributed by atoms with van der Waals surface area (Å²) in [5, 5.41) is 20.1. The first kappa shape index (κ1) is 25.0. The van der Waals surface area contributed by atoms with Crippen LogP contribution in [-0.4, -0.2) is 33.3 Å². The smallest absolute Gasteiger partial charge is 0.130 e. The lowest BCUT2D eigenvalue weighted by atomic mass is 9.42.